The molecule has 2 rings (SSSR count). The molecule has 0 saturated heterocycles. The summed E-state index contributed by atoms with van der Waals surface area (Å²) in [4.78, 5) is 6.21. The number of rotatable bonds is 4. The van der Waals surface area contributed by atoms with E-state index in [4.69, 9.17) is 5.11 Å². The van der Waals surface area contributed by atoms with Crippen LogP contribution in [0.4, 0.5) is 11.6 Å². The number of hydrogen-bond donors (Lipinski definition) is 2. The van der Waals surface area contributed by atoms with E-state index < -0.39 is 5.23 Å². The van der Waals surface area contributed by atoms with Crippen molar-refractivity contribution in [1.82, 2.24) is 9.55 Å². The number of anilines is 1. The Morgan fingerprint density at radius 3 is 2.67 bits per heavy atom. The van der Waals surface area contributed by atoms with E-state index >= 15 is 0 Å². The average molecular weight is 251 g/mol. The van der Waals surface area contributed by atoms with Crippen LogP contribution in [0, 0.1) is 10.4 Å². The van der Waals surface area contributed by atoms with Gasteiger partial charge in [0.1, 0.15) is 5.69 Å². The van der Waals surface area contributed by atoms with Gasteiger partial charge < -0.3 is 30.2 Å². The molecule has 1 aromatic carbocycles. The van der Waals surface area contributed by atoms with Gasteiger partial charge in [0.2, 0.25) is 5.95 Å². The monoisotopic (exact) mass is 251 g/mol. The summed E-state index contributed by atoms with van der Waals surface area (Å²) in [6.45, 7) is 0.322. The minimum Gasteiger partial charge on any atom is -0.628 e. The smallest absolute Gasteiger partial charge is 0.206 e. The summed E-state index contributed by atoms with van der Waals surface area (Å²) >= 11 is 0. The molecule has 0 atom stereocenters. The molecule has 0 radical (unpaired) electrons. The van der Waals surface area contributed by atoms with Gasteiger partial charge in [-0.2, -0.15) is 0 Å². The highest BCUT2D eigenvalue weighted by Crippen LogP contribution is 2.23. The van der Waals surface area contributed by atoms with Crippen molar-refractivity contribution >= 4 is 22.7 Å². The van der Waals surface area contributed by atoms with Crippen LogP contribution in [0.1, 0.15) is 0 Å². The first kappa shape index (κ1) is 12.8. The molecule has 7 nitrogen and oxygen atoms in total. The highest BCUT2D eigenvalue weighted by atomic mass is 16.8. The predicted octanol–water partition coefficient (Wildman–Crippen LogP) is -0.393. The van der Waals surface area contributed by atoms with E-state index in [9.17, 15) is 10.4 Å². The van der Waals surface area contributed by atoms with Gasteiger partial charge in [-0.1, -0.05) is 0 Å². The lowest BCUT2D eigenvalue weighted by Gasteiger charge is -2.24. The second kappa shape index (κ2) is 4.91. The van der Waals surface area contributed by atoms with E-state index in [0.717, 1.165) is 0 Å². The number of aromatic nitrogens is 2. The fraction of sp³-hybridized carbons (Fsp3) is 0.364. The zero-order valence-electron chi connectivity index (χ0n) is 10.3. The van der Waals surface area contributed by atoms with Crippen molar-refractivity contribution in [2.45, 2.75) is 6.54 Å². The topological polar surface area (TPSA) is 91.9 Å². The van der Waals surface area contributed by atoms with Gasteiger partial charge in [-0.05, 0) is 6.07 Å². The minimum absolute atomic E-state index is 0.0398. The Bertz CT molecular complexity index is 550. The fourth-order valence-corrected chi connectivity index (χ4v) is 1.90. The number of nitrogens with zero attached hydrogens (tertiary/aromatic N) is 3. The van der Waals surface area contributed by atoms with Gasteiger partial charge in [0.15, 0.2) is 0 Å². The molecule has 0 fully saturated rings. The molecule has 7 heteroatoms. The molecule has 0 aliphatic rings. The molecule has 0 spiro atoms. The number of aliphatic hydroxyl groups is 1. The van der Waals surface area contributed by atoms with Crippen LogP contribution in [0.2, 0.25) is 0 Å². The molecule has 0 saturated carbocycles. The van der Waals surface area contributed by atoms with Crippen LogP contribution in [0.15, 0.2) is 18.2 Å². The summed E-state index contributed by atoms with van der Waals surface area (Å²) in [5, 5.41) is 29.6. The first-order valence-electron chi connectivity index (χ1n) is 5.54. The number of fused-ring (bicyclic) bond motifs is 1. The van der Waals surface area contributed by atoms with Gasteiger partial charge in [-0.25, -0.2) is 4.98 Å². The van der Waals surface area contributed by atoms with E-state index in [0.29, 0.717) is 23.5 Å². The fourth-order valence-electron chi connectivity index (χ4n) is 1.90. The molecule has 98 valence electrons. The predicted molar refractivity (Wildman–Crippen MR) is 68.5 cm³/mol. The van der Waals surface area contributed by atoms with Crippen molar-refractivity contribution in [2.24, 2.45) is 0 Å². The third-order valence-electron chi connectivity index (χ3n) is 2.69. The van der Waals surface area contributed by atoms with Crippen molar-refractivity contribution in [3.05, 3.63) is 28.6 Å². The quantitative estimate of drug-likeness (QED) is 0.722. The summed E-state index contributed by atoms with van der Waals surface area (Å²) in [5.41, 5.74) is 1.47. The highest BCUT2D eigenvalue weighted by Gasteiger charge is 2.13. The summed E-state index contributed by atoms with van der Waals surface area (Å²) in [6, 6.07) is 4.62. The van der Waals surface area contributed by atoms with Crippen molar-refractivity contribution in [1.29, 1.82) is 0 Å². The van der Waals surface area contributed by atoms with Crippen LogP contribution in [-0.4, -0.2) is 35.4 Å². The summed E-state index contributed by atoms with van der Waals surface area (Å²) in [5.74, 6) is 0.676. The van der Waals surface area contributed by atoms with E-state index in [1.54, 1.807) is 10.6 Å². The van der Waals surface area contributed by atoms with Crippen molar-refractivity contribution in [2.75, 3.05) is 25.6 Å². The molecule has 2 aromatic rings. The van der Waals surface area contributed by atoms with Crippen LogP contribution in [0.25, 0.3) is 11.0 Å². The largest absolute Gasteiger partial charge is 0.628 e. The van der Waals surface area contributed by atoms with Crippen LogP contribution in [-0.2, 0) is 6.54 Å². The Labute approximate surface area is 104 Å². The van der Waals surface area contributed by atoms with Gasteiger partial charge in [-0.3, -0.25) is 0 Å². The molecular formula is C11H15N4O3-. The lowest BCUT2D eigenvalue weighted by Crippen LogP contribution is -2.96. The standard InChI is InChI=1S/C11H15N4O3/c1-13(2)11-12-9-4-3-8(15(17)18)7-10(9)14(11)5-6-16/h3-4,7,15-16H,5-6H2,1-2H3/q-1. The summed E-state index contributed by atoms with van der Waals surface area (Å²) in [7, 11) is 3.68. The number of aliphatic hydroxyl groups excluding tert-OH is 1. The minimum atomic E-state index is -1.22. The van der Waals surface area contributed by atoms with Gasteiger partial charge in [0.05, 0.1) is 17.6 Å². The molecule has 1 aromatic heterocycles. The van der Waals surface area contributed by atoms with Crippen molar-refractivity contribution < 1.29 is 10.3 Å². The van der Waals surface area contributed by atoms with Gasteiger partial charge in [0.25, 0.3) is 0 Å². The van der Waals surface area contributed by atoms with Crippen LogP contribution in [0.5, 0.6) is 0 Å². The molecule has 0 aliphatic carbocycles. The molecule has 0 bridgehead atoms. The molecule has 2 N–H and O–H groups in total. The lowest BCUT2D eigenvalue weighted by atomic mass is 10.3. The zero-order chi connectivity index (χ0) is 13.3. The molecule has 0 unspecified atom stereocenters. The maximum Gasteiger partial charge on any atom is 0.206 e. The number of benzene rings is 1. The Balaban J connectivity index is 2.63. The van der Waals surface area contributed by atoms with Gasteiger partial charge >= 0.3 is 0 Å². The SMILES string of the molecule is CN(C)c1nc2ccc([NH+]([O-])[O-])cc2n1CCO. The maximum absolute atomic E-state index is 10.9. The zero-order valence-corrected chi connectivity index (χ0v) is 10.3. The summed E-state index contributed by atoms with van der Waals surface area (Å²) < 4.78 is 1.78. The van der Waals surface area contributed by atoms with Crippen LogP contribution >= 0.6 is 0 Å². The second-order valence-corrected chi connectivity index (χ2v) is 4.17. The normalized spacial score (nSPS) is 11.4. The Kier molecular flexibility index (Phi) is 3.48. The Morgan fingerprint density at radius 2 is 2.11 bits per heavy atom. The van der Waals surface area contributed by atoms with E-state index in [2.05, 4.69) is 4.98 Å². The first-order chi connectivity index (χ1) is 8.54. The third-order valence-corrected chi connectivity index (χ3v) is 2.69. The average Bonchev–Trinajstić information content (AvgIpc) is 2.68. The van der Waals surface area contributed by atoms with E-state index in [1.165, 1.54) is 12.1 Å². The Morgan fingerprint density at radius 1 is 1.39 bits per heavy atom. The molecule has 0 amide bonds. The number of quaternary nitrogens is 1. The van der Waals surface area contributed by atoms with E-state index in [-0.39, 0.29) is 12.3 Å². The second-order valence-electron chi connectivity index (χ2n) is 4.17. The number of imidazole rings is 1. The van der Waals surface area contributed by atoms with Gasteiger partial charge in [-0.15, -0.1) is 0 Å². The van der Waals surface area contributed by atoms with Crippen molar-refractivity contribution in [3.8, 4) is 0 Å². The van der Waals surface area contributed by atoms with Crippen LogP contribution < -0.4 is 10.1 Å². The molecule has 18 heavy (non-hydrogen) atoms. The van der Waals surface area contributed by atoms with Crippen molar-refractivity contribution in [3.63, 3.8) is 0 Å². The maximum atomic E-state index is 10.9. The number of hydrogen-bond acceptors (Lipinski definition) is 5. The number of nitrogens with one attached hydrogen (secondary N) is 1. The lowest BCUT2D eigenvalue weighted by molar-refractivity contribution is -0.715. The first-order valence-corrected chi connectivity index (χ1v) is 5.54. The molecular weight excluding hydrogens is 236 g/mol. The molecule has 1 heterocycles. The van der Waals surface area contributed by atoms with Crippen LogP contribution in [0.3, 0.4) is 0 Å². The summed E-state index contributed by atoms with van der Waals surface area (Å²) in [6.07, 6.45) is 0. The highest BCUT2D eigenvalue weighted by molar-refractivity contribution is 5.81. The van der Waals surface area contributed by atoms with Gasteiger partial charge in [0, 0.05) is 32.8 Å². The Hall–Kier alpha value is -1.67. The third kappa shape index (κ3) is 2.16. The molecule has 0 aliphatic heterocycles. The van der Waals surface area contributed by atoms with E-state index in [1.807, 2.05) is 19.0 Å².